The van der Waals surface area contributed by atoms with Crippen molar-refractivity contribution in [1.29, 1.82) is 0 Å². The molecular weight excluding hydrogens is 128 g/mol. The molecule has 0 bridgehead atoms. The molecule has 2 nitrogen and oxygen atoms in total. The minimum atomic E-state index is 0.231. The molecule has 1 aliphatic heterocycles. The van der Waals surface area contributed by atoms with Gasteiger partial charge in [0.25, 0.3) is 0 Å². The van der Waals surface area contributed by atoms with Crippen LogP contribution in [0.25, 0.3) is 0 Å². The Balaban J connectivity index is 2.38. The second-order valence-corrected chi connectivity index (χ2v) is 2.64. The summed E-state index contributed by atoms with van der Waals surface area (Å²) in [4.78, 5) is 0. The summed E-state index contributed by atoms with van der Waals surface area (Å²) in [6.07, 6.45) is 2.17. The van der Waals surface area contributed by atoms with Gasteiger partial charge in [-0.1, -0.05) is 12.2 Å². The Morgan fingerprint density at radius 1 is 1.70 bits per heavy atom. The second kappa shape index (κ2) is 3.74. The molecule has 0 saturated carbocycles. The Hall–Kier alpha value is -0.340. The third-order valence-corrected chi connectivity index (χ3v) is 1.75. The zero-order valence-corrected chi connectivity index (χ0v) is 6.43. The second-order valence-electron chi connectivity index (χ2n) is 2.64. The molecule has 1 unspecified atom stereocenters. The Kier molecular flexibility index (Phi) is 2.90. The lowest BCUT2D eigenvalue weighted by molar-refractivity contribution is 0.0214. The molecule has 2 heteroatoms. The van der Waals surface area contributed by atoms with Crippen molar-refractivity contribution in [2.75, 3.05) is 20.3 Å². The van der Waals surface area contributed by atoms with Crippen molar-refractivity contribution in [3.8, 4) is 0 Å². The molecule has 1 fully saturated rings. The molecule has 58 valence electrons. The molecule has 0 aromatic heterocycles. The Morgan fingerprint density at radius 3 is 3.20 bits per heavy atom. The molecule has 1 rings (SSSR count). The molecule has 0 spiro atoms. The fourth-order valence-electron chi connectivity index (χ4n) is 1.07. The highest BCUT2D eigenvalue weighted by Gasteiger charge is 2.12. The SMILES string of the molecule is C=C1CCOCC(OC)C1. The Bertz CT molecular complexity index is 120. The molecule has 0 radical (unpaired) electrons. The molecule has 10 heavy (non-hydrogen) atoms. The van der Waals surface area contributed by atoms with Gasteiger partial charge in [0.05, 0.1) is 19.3 Å². The monoisotopic (exact) mass is 142 g/mol. The van der Waals surface area contributed by atoms with Crippen LogP contribution < -0.4 is 0 Å². The predicted octanol–water partition coefficient (Wildman–Crippen LogP) is 1.37. The topological polar surface area (TPSA) is 18.5 Å². The average molecular weight is 142 g/mol. The van der Waals surface area contributed by atoms with Crippen LogP contribution in [0.1, 0.15) is 12.8 Å². The van der Waals surface area contributed by atoms with E-state index in [9.17, 15) is 0 Å². The number of hydrogen-bond donors (Lipinski definition) is 0. The van der Waals surface area contributed by atoms with Crippen molar-refractivity contribution in [3.05, 3.63) is 12.2 Å². The number of methoxy groups -OCH3 is 1. The van der Waals surface area contributed by atoms with Crippen molar-refractivity contribution < 1.29 is 9.47 Å². The molecule has 1 heterocycles. The normalized spacial score (nSPS) is 28.1. The summed E-state index contributed by atoms with van der Waals surface area (Å²) in [5.41, 5.74) is 1.24. The minimum Gasteiger partial charge on any atom is -0.379 e. The summed E-state index contributed by atoms with van der Waals surface area (Å²) in [6.45, 7) is 5.43. The van der Waals surface area contributed by atoms with E-state index in [2.05, 4.69) is 6.58 Å². The van der Waals surface area contributed by atoms with Crippen molar-refractivity contribution in [2.45, 2.75) is 18.9 Å². The van der Waals surface area contributed by atoms with Gasteiger partial charge in [-0.3, -0.25) is 0 Å². The maximum atomic E-state index is 5.28. The molecule has 0 aliphatic carbocycles. The summed E-state index contributed by atoms with van der Waals surface area (Å²) in [5.74, 6) is 0. The molecule has 0 aromatic carbocycles. The standard InChI is InChI=1S/C8H14O2/c1-7-3-4-10-6-8(5-7)9-2/h8H,1,3-6H2,2H3. The lowest BCUT2D eigenvalue weighted by atomic mass is 10.1. The van der Waals surface area contributed by atoms with E-state index in [0.29, 0.717) is 0 Å². The van der Waals surface area contributed by atoms with Gasteiger partial charge >= 0.3 is 0 Å². The third-order valence-electron chi connectivity index (χ3n) is 1.75. The van der Waals surface area contributed by atoms with Gasteiger partial charge in [0.2, 0.25) is 0 Å². The molecule has 1 aliphatic rings. The van der Waals surface area contributed by atoms with Crippen molar-refractivity contribution >= 4 is 0 Å². The maximum absolute atomic E-state index is 5.28. The maximum Gasteiger partial charge on any atom is 0.0841 e. The van der Waals surface area contributed by atoms with E-state index < -0.39 is 0 Å². The molecule has 0 amide bonds. The van der Waals surface area contributed by atoms with E-state index in [1.54, 1.807) is 7.11 Å². The molecule has 0 N–H and O–H groups in total. The number of hydrogen-bond acceptors (Lipinski definition) is 2. The van der Waals surface area contributed by atoms with Crippen LogP contribution >= 0.6 is 0 Å². The highest BCUT2D eigenvalue weighted by molar-refractivity contribution is 4.97. The summed E-state index contributed by atoms with van der Waals surface area (Å²) >= 11 is 0. The van der Waals surface area contributed by atoms with Crippen LogP contribution in [0, 0.1) is 0 Å². The first-order valence-electron chi connectivity index (χ1n) is 3.60. The van der Waals surface area contributed by atoms with Crippen LogP contribution in [0.15, 0.2) is 12.2 Å². The van der Waals surface area contributed by atoms with E-state index in [-0.39, 0.29) is 6.10 Å². The predicted molar refractivity (Wildman–Crippen MR) is 40.0 cm³/mol. The van der Waals surface area contributed by atoms with Gasteiger partial charge in [-0.05, 0) is 12.8 Å². The minimum absolute atomic E-state index is 0.231. The van der Waals surface area contributed by atoms with Gasteiger partial charge in [0.1, 0.15) is 0 Å². The zero-order valence-electron chi connectivity index (χ0n) is 6.43. The van der Waals surface area contributed by atoms with E-state index in [1.165, 1.54) is 5.57 Å². The van der Waals surface area contributed by atoms with Crippen LogP contribution in [-0.4, -0.2) is 26.4 Å². The number of ether oxygens (including phenoxy) is 2. The number of rotatable bonds is 1. The van der Waals surface area contributed by atoms with Crippen molar-refractivity contribution in [2.24, 2.45) is 0 Å². The van der Waals surface area contributed by atoms with E-state index >= 15 is 0 Å². The zero-order chi connectivity index (χ0) is 7.40. The Morgan fingerprint density at radius 2 is 2.50 bits per heavy atom. The van der Waals surface area contributed by atoms with Gasteiger partial charge in [0, 0.05) is 7.11 Å². The first-order valence-corrected chi connectivity index (χ1v) is 3.60. The highest BCUT2D eigenvalue weighted by Crippen LogP contribution is 2.14. The van der Waals surface area contributed by atoms with Crippen LogP contribution in [0.2, 0.25) is 0 Å². The van der Waals surface area contributed by atoms with Crippen LogP contribution in [0.3, 0.4) is 0 Å². The van der Waals surface area contributed by atoms with E-state index in [4.69, 9.17) is 9.47 Å². The lowest BCUT2D eigenvalue weighted by Crippen LogP contribution is -2.15. The quantitative estimate of drug-likeness (QED) is 0.515. The van der Waals surface area contributed by atoms with E-state index in [1.807, 2.05) is 0 Å². The molecule has 1 atom stereocenters. The van der Waals surface area contributed by atoms with E-state index in [0.717, 1.165) is 26.1 Å². The van der Waals surface area contributed by atoms with Crippen molar-refractivity contribution in [1.82, 2.24) is 0 Å². The largest absolute Gasteiger partial charge is 0.379 e. The van der Waals surface area contributed by atoms with Crippen LogP contribution in [0.5, 0.6) is 0 Å². The lowest BCUT2D eigenvalue weighted by Gasteiger charge is -2.10. The van der Waals surface area contributed by atoms with Crippen molar-refractivity contribution in [3.63, 3.8) is 0 Å². The first kappa shape index (κ1) is 7.76. The molecule has 0 aromatic rings. The molecule has 1 saturated heterocycles. The van der Waals surface area contributed by atoms with Gasteiger partial charge in [-0.15, -0.1) is 0 Å². The van der Waals surface area contributed by atoms with Gasteiger partial charge in [0.15, 0.2) is 0 Å². The van der Waals surface area contributed by atoms with Gasteiger partial charge in [-0.2, -0.15) is 0 Å². The third kappa shape index (κ3) is 2.12. The molecular formula is C8H14O2. The fraction of sp³-hybridized carbons (Fsp3) is 0.750. The average Bonchev–Trinajstić information content (AvgIpc) is 2.13. The summed E-state index contributed by atoms with van der Waals surface area (Å²) in [5, 5.41) is 0. The Labute approximate surface area is 61.8 Å². The van der Waals surface area contributed by atoms with Crippen LogP contribution in [0.4, 0.5) is 0 Å². The first-order chi connectivity index (χ1) is 4.83. The van der Waals surface area contributed by atoms with Gasteiger partial charge in [-0.25, -0.2) is 0 Å². The fourth-order valence-corrected chi connectivity index (χ4v) is 1.07. The summed E-state index contributed by atoms with van der Waals surface area (Å²) < 4.78 is 10.4. The highest BCUT2D eigenvalue weighted by atomic mass is 16.5. The van der Waals surface area contributed by atoms with Crippen LogP contribution in [-0.2, 0) is 9.47 Å². The summed E-state index contributed by atoms with van der Waals surface area (Å²) in [6, 6.07) is 0. The smallest absolute Gasteiger partial charge is 0.0841 e. The summed E-state index contributed by atoms with van der Waals surface area (Å²) in [7, 11) is 1.71. The van der Waals surface area contributed by atoms with Gasteiger partial charge < -0.3 is 9.47 Å².